The van der Waals surface area contributed by atoms with Gasteiger partial charge in [0.05, 0.1) is 11.4 Å². The van der Waals surface area contributed by atoms with Crippen LogP contribution in [-0.2, 0) is 0 Å². The molecule has 3 nitrogen and oxygen atoms in total. The van der Waals surface area contributed by atoms with Crippen LogP contribution in [0.4, 0.5) is 5.69 Å². The zero-order valence-electron chi connectivity index (χ0n) is 8.47. The minimum atomic E-state index is 0.626. The third-order valence-corrected chi connectivity index (χ3v) is 2.10. The molecule has 0 aliphatic heterocycles. The molecule has 0 bridgehead atoms. The van der Waals surface area contributed by atoms with Gasteiger partial charge >= 0.3 is 0 Å². The number of aryl methyl sites for hydroxylation is 1. The Kier molecular flexibility index (Phi) is 2.54. The lowest BCUT2D eigenvalue weighted by Gasteiger charge is -2.09. The molecule has 3 heteroatoms. The van der Waals surface area contributed by atoms with Gasteiger partial charge in [0.2, 0.25) is 0 Å². The number of nitrogens with two attached hydrogens (primary N) is 1. The van der Waals surface area contributed by atoms with Crippen molar-refractivity contribution in [1.82, 2.24) is 4.98 Å². The van der Waals surface area contributed by atoms with Gasteiger partial charge in [0, 0.05) is 6.20 Å². The van der Waals surface area contributed by atoms with Gasteiger partial charge in [-0.15, -0.1) is 0 Å². The van der Waals surface area contributed by atoms with Gasteiger partial charge in [0.25, 0.3) is 0 Å². The molecule has 15 heavy (non-hydrogen) atoms. The quantitative estimate of drug-likeness (QED) is 0.758. The summed E-state index contributed by atoms with van der Waals surface area (Å²) in [7, 11) is 0. The Balaban J connectivity index is 2.30. The molecular formula is C12H12N2O. The van der Waals surface area contributed by atoms with Crippen LogP contribution in [0.15, 0.2) is 42.6 Å². The lowest BCUT2D eigenvalue weighted by molar-refractivity contribution is 0.478. The number of hydrogen-bond donors (Lipinski definition) is 1. The van der Waals surface area contributed by atoms with E-state index < -0.39 is 0 Å². The highest BCUT2D eigenvalue weighted by atomic mass is 16.5. The number of rotatable bonds is 2. The third-order valence-electron chi connectivity index (χ3n) is 2.10. The maximum absolute atomic E-state index is 5.77. The average Bonchev–Trinajstić information content (AvgIpc) is 2.24. The fraction of sp³-hybridized carbons (Fsp3) is 0.0833. The normalized spacial score (nSPS) is 9.93. The van der Waals surface area contributed by atoms with Crippen molar-refractivity contribution in [1.29, 1.82) is 0 Å². The Morgan fingerprint density at radius 2 is 1.80 bits per heavy atom. The number of nitrogens with zero attached hydrogens (tertiary/aromatic N) is 1. The van der Waals surface area contributed by atoms with E-state index in [1.54, 1.807) is 12.3 Å². The van der Waals surface area contributed by atoms with Gasteiger partial charge < -0.3 is 10.5 Å². The van der Waals surface area contributed by atoms with E-state index in [0.29, 0.717) is 11.4 Å². The maximum Gasteiger partial charge on any atom is 0.150 e. The van der Waals surface area contributed by atoms with Gasteiger partial charge in [0.15, 0.2) is 0 Å². The van der Waals surface area contributed by atoms with Gasteiger partial charge in [-0.25, -0.2) is 0 Å². The summed E-state index contributed by atoms with van der Waals surface area (Å²) in [6.07, 6.45) is 1.73. The van der Waals surface area contributed by atoms with Gasteiger partial charge in [-0.2, -0.15) is 0 Å². The third kappa shape index (κ3) is 2.07. The number of anilines is 1. The smallest absolute Gasteiger partial charge is 0.150 e. The highest BCUT2D eigenvalue weighted by Gasteiger charge is 2.03. The van der Waals surface area contributed by atoms with Crippen molar-refractivity contribution in [3.05, 3.63) is 48.3 Å². The van der Waals surface area contributed by atoms with Gasteiger partial charge in [-0.1, -0.05) is 12.1 Å². The molecule has 1 aromatic carbocycles. The molecule has 2 N–H and O–H groups in total. The van der Waals surface area contributed by atoms with Crippen LogP contribution in [-0.4, -0.2) is 4.98 Å². The number of aromatic nitrogens is 1. The van der Waals surface area contributed by atoms with E-state index in [-0.39, 0.29) is 0 Å². The number of benzene rings is 1. The summed E-state index contributed by atoms with van der Waals surface area (Å²) in [6.45, 7) is 1.90. The molecule has 0 fully saturated rings. The Morgan fingerprint density at radius 1 is 1.07 bits per heavy atom. The van der Waals surface area contributed by atoms with Crippen molar-refractivity contribution >= 4 is 5.69 Å². The fourth-order valence-electron chi connectivity index (χ4n) is 1.27. The molecule has 0 unspecified atom stereocenters. The van der Waals surface area contributed by atoms with Crippen LogP contribution in [0.25, 0.3) is 0 Å². The first-order valence-electron chi connectivity index (χ1n) is 4.71. The first-order valence-corrected chi connectivity index (χ1v) is 4.71. The Bertz CT molecular complexity index is 425. The second-order valence-electron chi connectivity index (χ2n) is 3.23. The largest absolute Gasteiger partial charge is 0.453 e. The van der Waals surface area contributed by atoms with Crippen LogP contribution < -0.4 is 10.5 Å². The van der Waals surface area contributed by atoms with Crippen LogP contribution in [0.2, 0.25) is 0 Å². The molecule has 2 aromatic rings. The van der Waals surface area contributed by atoms with Crippen molar-refractivity contribution in [2.24, 2.45) is 0 Å². The number of nitrogen functional groups attached to an aromatic ring is 1. The first kappa shape index (κ1) is 9.52. The maximum atomic E-state index is 5.77. The van der Waals surface area contributed by atoms with E-state index in [1.807, 2.05) is 37.3 Å². The molecule has 76 valence electrons. The molecule has 0 saturated carbocycles. The molecule has 0 aliphatic rings. The van der Waals surface area contributed by atoms with Crippen LogP contribution in [0.1, 0.15) is 5.69 Å². The van der Waals surface area contributed by atoms with E-state index in [1.165, 1.54) is 0 Å². The lowest BCUT2D eigenvalue weighted by Crippen LogP contribution is -1.93. The second-order valence-corrected chi connectivity index (χ2v) is 3.23. The van der Waals surface area contributed by atoms with Gasteiger partial charge in [-0.3, -0.25) is 4.98 Å². The lowest BCUT2D eigenvalue weighted by atomic mass is 10.3. The first-order chi connectivity index (χ1) is 7.27. The summed E-state index contributed by atoms with van der Waals surface area (Å²) in [6, 6.07) is 11.1. The Hall–Kier alpha value is -2.03. The minimum absolute atomic E-state index is 0.626. The molecule has 1 aromatic heterocycles. The summed E-state index contributed by atoms with van der Waals surface area (Å²) < 4.78 is 5.65. The van der Waals surface area contributed by atoms with Crippen LogP contribution >= 0.6 is 0 Å². The van der Waals surface area contributed by atoms with E-state index in [0.717, 1.165) is 11.4 Å². The molecule has 0 spiro atoms. The topological polar surface area (TPSA) is 48.1 Å². The number of pyridine rings is 1. The summed E-state index contributed by atoms with van der Waals surface area (Å²) in [5.74, 6) is 1.39. The van der Waals surface area contributed by atoms with Crippen LogP contribution in [0, 0.1) is 6.92 Å². The molecule has 0 saturated heterocycles. The van der Waals surface area contributed by atoms with Crippen molar-refractivity contribution in [3.63, 3.8) is 0 Å². The van der Waals surface area contributed by atoms with Crippen molar-refractivity contribution in [2.45, 2.75) is 6.92 Å². The van der Waals surface area contributed by atoms with E-state index in [9.17, 15) is 0 Å². The summed E-state index contributed by atoms with van der Waals surface area (Å²) >= 11 is 0. The summed E-state index contributed by atoms with van der Waals surface area (Å²) in [5.41, 5.74) is 7.25. The van der Waals surface area contributed by atoms with Crippen LogP contribution in [0.5, 0.6) is 11.5 Å². The van der Waals surface area contributed by atoms with E-state index in [4.69, 9.17) is 10.5 Å². The molecule has 0 aliphatic carbocycles. The van der Waals surface area contributed by atoms with E-state index >= 15 is 0 Å². The number of para-hydroxylation sites is 2. The van der Waals surface area contributed by atoms with Crippen molar-refractivity contribution < 1.29 is 4.74 Å². The highest BCUT2D eigenvalue weighted by Crippen LogP contribution is 2.27. The van der Waals surface area contributed by atoms with Gasteiger partial charge in [0.1, 0.15) is 11.5 Å². The summed E-state index contributed by atoms with van der Waals surface area (Å²) in [4.78, 5) is 4.14. The summed E-state index contributed by atoms with van der Waals surface area (Å²) in [5, 5.41) is 0. The minimum Gasteiger partial charge on any atom is -0.453 e. The zero-order chi connectivity index (χ0) is 10.7. The predicted molar refractivity (Wildman–Crippen MR) is 59.9 cm³/mol. The molecule has 0 atom stereocenters. The molecule has 0 radical (unpaired) electrons. The Morgan fingerprint density at radius 3 is 2.53 bits per heavy atom. The number of ether oxygens (including phenoxy) is 1. The molecular weight excluding hydrogens is 188 g/mol. The van der Waals surface area contributed by atoms with Crippen molar-refractivity contribution in [2.75, 3.05) is 5.73 Å². The monoisotopic (exact) mass is 200 g/mol. The SMILES string of the molecule is Cc1ncccc1Oc1ccccc1N. The molecule has 2 rings (SSSR count). The number of hydrogen-bond acceptors (Lipinski definition) is 3. The zero-order valence-corrected chi connectivity index (χ0v) is 8.47. The molecule has 0 amide bonds. The van der Waals surface area contributed by atoms with Crippen molar-refractivity contribution in [3.8, 4) is 11.5 Å². The molecule has 1 heterocycles. The Labute approximate surface area is 88.5 Å². The standard InChI is InChI=1S/C12H12N2O/c1-9-11(7-4-8-14-9)15-12-6-3-2-5-10(12)13/h2-8H,13H2,1H3. The van der Waals surface area contributed by atoms with Gasteiger partial charge in [-0.05, 0) is 31.2 Å². The highest BCUT2D eigenvalue weighted by molar-refractivity contribution is 5.53. The van der Waals surface area contributed by atoms with E-state index in [2.05, 4.69) is 4.98 Å². The average molecular weight is 200 g/mol. The predicted octanol–water partition coefficient (Wildman–Crippen LogP) is 2.76. The fourth-order valence-corrected chi connectivity index (χ4v) is 1.27. The van der Waals surface area contributed by atoms with Crippen LogP contribution in [0.3, 0.4) is 0 Å². The second kappa shape index (κ2) is 4.00.